The van der Waals surface area contributed by atoms with E-state index in [0.717, 1.165) is 32.1 Å². The van der Waals surface area contributed by atoms with E-state index in [1.165, 1.54) is 0 Å². The van der Waals surface area contributed by atoms with Gasteiger partial charge in [-0.2, -0.15) is 0 Å². The second-order valence-corrected chi connectivity index (χ2v) is 12.5. The van der Waals surface area contributed by atoms with Crippen LogP contribution in [-0.4, -0.2) is 81.8 Å². The molecule has 0 aromatic heterocycles. The number of hydrogen-bond donors (Lipinski definition) is 1. The molecule has 0 saturated carbocycles. The molecule has 4 unspecified atom stereocenters. The van der Waals surface area contributed by atoms with E-state index in [9.17, 15) is 19.5 Å². The molecule has 1 spiro atoms. The first-order valence-corrected chi connectivity index (χ1v) is 15.3. The van der Waals surface area contributed by atoms with Gasteiger partial charge in [-0.1, -0.05) is 52.7 Å². The molecule has 0 aromatic carbocycles. The molecule has 0 radical (unpaired) electrons. The van der Waals surface area contributed by atoms with Crippen molar-refractivity contribution in [1.82, 2.24) is 9.80 Å². The van der Waals surface area contributed by atoms with Crippen LogP contribution >= 0.6 is 0 Å². The zero-order valence-corrected chi connectivity index (χ0v) is 25.6. The Morgan fingerprint density at radius 1 is 1.25 bits per heavy atom. The van der Waals surface area contributed by atoms with Gasteiger partial charge in [-0.25, -0.2) is 0 Å². The maximum atomic E-state index is 14.6. The predicted octanol–water partition coefficient (Wildman–Crippen LogP) is 4.51. The Balaban J connectivity index is 2.10. The number of fused-ring (bicyclic) bond motifs is 1. The summed E-state index contributed by atoms with van der Waals surface area (Å²) in [4.78, 5) is 46.2. The Bertz CT molecular complexity index is 954. The SMILES string of the molecule is C=CCCCCOC(=O)[C@H]1[C@H]2C(=O)N([C@@H](CO)[C@@H](C)CC)C(C(=O)N(CC=C)C(C)CCC)C23CC(C)[C@]1(C)O3. The van der Waals surface area contributed by atoms with Crippen molar-refractivity contribution in [3.63, 3.8) is 0 Å². The van der Waals surface area contributed by atoms with Gasteiger partial charge in [-0.05, 0) is 57.8 Å². The van der Waals surface area contributed by atoms with Gasteiger partial charge in [-0.15, -0.1) is 13.2 Å². The van der Waals surface area contributed by atoms with Crippen molar-refractivity contribution < 1.29 is 29.0 Å². The van der Waals surface area contributed by atoms with E-state index in [2.05, 4.69) is 20.1 Å². The quantitative estimate of drug-likeness (QED) is 0.170. The van der Waals surface area contributed by atoms with E-state index in [-0.39, 0.29) is 42.9 Å². The molecule has 2 bridgehead atoms. The summed E-state index contributed by atoms with van der Waals surface area (Å²) < 4.78 is 12.6. The Labute approximate surface area is 241 Å². The summed E-state index contributed by atoms with van der Waals surface area (Å²) in [6.45, 7) is 20.0. The molecule has 3 aliphatic heterocycles. The highest BCUT2D eigenvalue weighted by Gasteiger charge is 2.81. The highest BCUT2D eigenvalue weighted by molar-refractivity contribution is 5.99. The summed E-state index contributed by atoms with van der Waals surface area (Å²) >= 11 is 0. The third kappa shape index (κ3) is 5.38. The summed E-state index contributed by atoms with van der Waals surface area (Å²) in [6, 6.07) is -1.58. The van der Waals surface area contributed by atoms with Crippen LogP contribution in [0.1, 0.15) is 86.5 Å². The largest absolute Gasteiger partial charge is 0.465 e. The van der Waals surface area contributed by atoms with E-state index in [0.29, 0.717) is 19.4 Å². The number of aliphatic hydroxyl groups is 1. The molecule has 9 atom stereocenters. The summed E-state index contributed by atoms with van der Waals surface area (Å²) in [6.07, 6.45) is 8.89. The lowest BCUT2D eigenvalue weighted by Gasteiger charge is -2.42. The smallest absolute Gasteiger partial charge is 0.312 e. The van der Waals surface area contributed by atoms with Gasteiger partial charge in [0.2, 0.25) is 11.8 Å². The number of hydrogen-bond acceptors (Lipinski definition) is 6. The highest BCUT2D eigenvalue weighted by atomic mass is 16.6. The minimum Gasteiger partial charge on any atom is -0.465 e. The molecule has 2 amide bonds. The number of unbranched alkanes of at least 4 members (excludes halogenated alkanes) is 2. The number of likely N-dealkylation sites (tertiary alicyclic amines) is 1. The molecule has 3 aliphatic rings. The topological polar surface area (TPSA) is 96.4 Å². The van der Waals surface area contributed by atoms with E-state index in [1.807, 2.05) is 40.7 Å². The number of ether oxygens (including phenoxy) is 2. The molecule has 8 nitrogen and oxygen atoms in total. The minimum absolute atomic E-state index is 0.0548. The third-order valence-electron chi connectivity index (χ3n) is 9.98. The van der Waals surface area contributed by atoms with Crippen molar-refractivity contribution >= 4 is 17.8 Å². The van der Waals surface area contributed by atoms with E-state index in [1.54, 1.807) is 15.9 Å². The van der Waals surface area contributed by atoms with Crippen LogP contribution < -0.4 is 0 Å². The van der Waals surface area contributed by atoms with Crippen LogP contribution in [0, 0.1) is 23.7 Å². The second-order valence-electron chi connectivity index (χ2n) is 12.5. The lowest BCUT2D eigenvalue weighted by Crippen LogP contribution is -2.61. The van der Waals surface area contributed by atoms with Gasteiger partial charge in [-0.3, -0.25) is 14.4 Å². The van der Waals surface area contributed by atoms with Crippen molar-refractivity contribution in [1.29, 1.82) is 0 Å². The molecule has 3 saturated heterocycles. The second kappa shape index (κ2) is 13.2. The van der Waals surface area contributed by atoms with Crippen LogP contribution in [-0.2, 0) is 23.9 Å². The maximum absolute atomic E-state index is 14.6. The lowest BCUT2D eigenvalue weighted by atomic mass is 9.62. The number of carbonyl (C=O) groups is 3. The Morgan fingerprint density at radius 3 is 2.52 bits per heavy atom. The van der Waals surface area contributed by atoms with Crippen LogP contribution in [0.25, 0.3) is 0 Å². The van der Waals surface area contributed by atoms with E-state index < -0.39 is 41.1 Å². The average molecular weight is 561 g/mol. The number of aliphatic hydroxyl groups excluding tert-OH is 1. The summed E-state index contributed by atoms with van der Waals surface area (Å²) in [5.41, 5.74) is -2.09. The number of esters is 1. The first-order chi connectivity index (χ1) is 19.0. The Hall–Kier alpha value is -2.19. The van der Waals surface area contributed by atoms with E-state index >= 15 is 0 Å². The molecular formula is C32H52N2O6. The first kappa shape index (κ1) is 32.3. The van der Waals surface area contributed by atoms with Crippen LogP contribution in [0.15, 0.2) is 25.3 Å². The number of amides is 2. The minimum atomic E-state index is -1.17. The van der Waals surface area contributed by atoms with Gasteiger partial charge in [0.25, 0.3) is 0 Å². The van der Waals surface area contributed by atoms with Crippen LogP contribution in [0.5, 0.6) is 0 Å². The molecule has 0 aromatic rings. The Morgan fingerprint density at radius 2 is 1.95 bits per heavy atom. The summed E-state index contributed by atoms with van der Waals surface area (Å²) in [5.74, 6) is -2.71. The van der Waals surface area contributed by atoms with Gasteiger partial charge in [0.1, 0.15) is 17.6 Å². The summed E-state index contributed by atoms with van der Waals surface area (Å²) in [5, 5.41) is 10.6. The van der Waals surface area contributed by atoms with Crippen molar-refractivity contribution in [3.8, 4) is 0 Å². The number of allylic oxidation sites excluding steroid dienone is 1. The molecule has 1 N–H and O–H groups in total. The van der Waals surface area contributed by atoms with Gasteiger partial charge in [0.05, 0.1) is 30.8 Å². The van der Waals surface area contributed by atoms with Crippen LogP contribution in [0.2, 0.25) is 0 Å². The number of carbonyl (C=O) groups excluding carboxylic acids is 3. The van der Waals surface area contributed by atoms with Crippen molar-refractivity contribution in [2.24, 2.45) is 23.7 Å². The monoisotopic (exact) mass is 560 g/mol. The average Bonchev–Trinajstić information content (AvgIpc) is 3.44. The molecule has 3 heterocycles. The van der Waals surface area contributed by atoms with Crippen molar-refractivity contribution in [3.05, 3.63) is 25.3 Å². The van der Waals surface area contributed by atoms with Crippen molar-refractivity contribution in [2.75, 3.05) is 19.8 Å². The molecule has 3 fully saturated rings. The number of nitrogens with zero attached hydrogens (tertiary/aromatic N) is 2. The predicted molar refractivity (Wildman–Crippen MR) is 155 cm³/mol. The number of rotatable bonds is 16. The molecular weight excluding hydrogens is 508 g/mol. The molecule has 8 heteroatoms. The normalized spacial score (nSPS) is 32.9. The van der Waals surface area contributed by atoms with Gasteiger partial charge in [0, 0.05) is 12.6 Å². The van der Waals surface area contributed by atoms with Crippen LogP contribution in [0.3, 0.4) is 0 Å². The maximum Gasteiger partial charge on any atom is 0.312 e. The van der Waals surface area contributed by atoms with Crippen molar-refractivity contribution in [2.45, 2.75) is 116 Å². The summed E-state index contributed by atoms with van der Waals surface area (Å²) in [7, 11) is 0. The third-order valence-corrected chi connectivity index (χ3v) is 9.98. The fraction of sp³-hybridized carbons (Fsp3) is 0.781. The zero-order valence-electron chi connectivity index (χ0n) is 25.6. The van der Waals surface area contributed by atoms with E-state index in [4.69, 9.17) is 9.47 Å². The van der Waals surface area contributed by atoms with Gasteiger partial charge in [0.15, 0.2) is 0 Å². The molecule has 0 aliphatic carbocycles. The Kier molecular flexibility index (Phi) is 10.7. The fourth-order valence-electron chi connectivity index (χ4n) is 7.50. The molecule has 3 rings (SSSR count). The first-order valence-electron chi connectivity index (χ1n) is 15.3. The molecule has 226 valence electrons. The lowest BCUT2D eigenvalue weighted by molar-refractivity contribution is -0.165. The molecule has 40 heavy (non-hydrogen) atoms. The fourth-order valence-corrected chi connectivity index (χ4v) is 7.50. The van der Waals surface area contributed by atoms with Gasteiger partial charge < -0.3 is 24.4 Å². The van der Waals surface area contributed by atoms with Crippen LogP contribution in [0.4, 0.5) is 0 Å². The van der Waals surface area contributed by atoms with Gasteiger partial charge >= 0.3 is 5.97 Å². The standard InChI is InChI=1S/C32H52N2O6/c1-9-13-14-15-18-39-30(38)26-25-28(36)34(24(20-35)21(5)12-4)27(32(25)19-22(6)31(26,8)40-32)29(37)33(17-11-3)23(7)16-10-2/h9,11,21-27,35H,1,3,10,12-20H2,2,4-8H3/t21-,22?,23?,24-,25-,26+,27?,31-,32?/m0/s1. The zero-order chi connectivity index (χ0) is 29.8. The highest BCUT2D eigenvalue weighted by Crippen LogP contribution is 2.66.